The van der Waals surface area contributed by atoms with E-state index in [1.165, 1.54) is 0 Å². The summed E-state index contributed by atoms with van der Waals surface area (Å²) in [7, 11) is 1.60. The van der Waals surface area contributed by atoms with E-state index < -0.39 is 0 Å². The first-order chi connectivity index (χ1) is 9.58. The molecule has 6 heteroatoms. The van der Waals surface area contributed by atoms with Crippen LogP contribution in [0.2, 0.25) is 0 Å². The minimum atomic E-state index is -0.195. The lowest BCUT2D eigenvalue weighted by molar-refractivity contribution is 0.119. The zero-order valence-electron chi connectivity index (χ0n) is 12.3. The number of rotatable bonds is 6. The van der Waals surface area contributed by atoms with Gasteiger partial charge in [-0.3, -0.25) is 0 Å². The van der Waals surface area contributed by atoms with E-state index in [9.17, 15) is 0 Å². The first-order valence-electron chi connectivity index (χ1n) is 6.73. The molecule has 0 aromatic carbocycles. The normalized spacial score (nSPS) is 14.4. The summed E-state index contributed by atoms with van der Waals surface area (Å²) < 4.78 is 12.7. The Morgan fingerprint density at radius 3 is 2.65 bits per heavy atom. The number of methoxy groups -OCH3 is 1. The number of alkyl halides is 1. The van der Waals surface area contributed by atoms with Crippen LogP contribution in [-0.2, 0) is 4.74 Å². The summed E-state index contributed by atoms with van der Waals surface area (Å²) in [5, 5.41) is -0.195. The van der Waals surface area contributed by atoms with Gasteiger partial charge >= 0.3 is 0 Å². The van der Waals surface area contributed by atoms with Crippen molar-refractivity contribution in [2.24, 2.45) is 0 Å². The third kappa shape index (κ3) is 2.88. The van der Waals surface area contributed by atoms with E-state index in [0.29, 0.717) is 19.1 Å². The van der Waals surface area contributed by atoms with E-state index in [1.807, 2.05) is 24.5 Å². The molecular formula is C14H20ClN3O2. The van der Waals surface area contributed by atoms with Crippen molar-refractivity contribution in [1.82, 2.24) is 14.5 Å². The molecule has 0 amide bonds. The Balaban J connectivity index is 2.53. The summed E-state index contributed by atoms with van der Waals surface area (Å²) in [5.41, 5.74) is 1.59. The smallest absolute Gasteiger partial charge is 0.215 e. The lowest BCUT2D eigenvalue weighted by atomic mass is 10.3. The van der Waals surface area contributed by atoms with E-state index in [0.717, 1.165) is 17.0 Å². The van der Waals surface area contributed by atoms with Crippen LogP contribution in [0.15, 0.2) is 12.1 Å². The van der Waals surface area contributed by atoms with Crippen molar-refractivity contribution in [3.8, 4) is 5.88 Å². The molecule has 2 heterocycles. The maximum atomic E-state index is 6.25. The van der Waals surface area contributed by atoms with Crippen LogP contribution in [0.5, 0.6) is 5.88 Å². The highest BCUT2D eigenvalue weighted by Gasteiger charge is 2.20. The molecule has 110 valence electrons. The molecule has 0 saturated heterocycles. The van der Waals surface area contributed by atoms with Crippen LogP contribution in [-0.4, -0.2) is 34.9 Å². The summed E-state index contributed by atoms with van der Waals surface area (Å²) in [6.45, 7) is 7.23. The number of halogens is 1. The maximum Gasteiger partial charge on any atom is 0.215 e. The van der Waals surface area contributed by atoms with E-state index in [-0.39, 0.29) is 11.4 Å². The fraction of sp³-hybridized carbons (Fsp3) is 0.571. The highest BCUT2D eigenvalue weighted by atomic mass is 35.5. The summed E-state index contributed by atoms with van der Waals surface area (Å²) in [4.78, 5) is 9.06. The molecule has 0 aliphatic carbocycles. The second-order valence-corrected chi connectivity index (χ2v) is 5.32. The van der Waals surface area contributed by atoms with Gasteiger partial charge in [-0.25, -0.2) is 4.98 Å². The zero-order valence-corrected chi connectivity index (χ0v) is 13.0. The zero-order chi connectivity index (χ0) is 14.7. The van der Waals surface area contributed by atoms with Gasteiger partial charge in [0.1, 0.15) is 11.3 Å². The lowest BCUT2D eigenvalue weighted by Gasteiger charge is -2.17. The first kappa shape index (κ1) is 15.1. The van der Waals surface area contributed by atoms with Crippen LogP contribution in [0.3, 0.4) is 0 Å². The van der Waals surface area contributed by atoms with Gasteiger partial charge in [0.2, 0.25) is 5.88 Å². The summed E-state index contributed by atoms with van der Waals surface area (Å²) in [5.74, 6) is 1.37. The number of ether oxygens (including phenoxy) is 2. The van der Waals surface area contributed by atoms with Crippen LogP contribution >= 0.6 is 11.6 Å². The molecule has 20 heavy (non-hydrogen) atoms. The highest BCUT2D eigenvalue weighted by molar-refractivity contribution is 6.20. The molecule has 2 rings (SSSR count). The van der Waals surface area contributed by atoms with Crippen molar-refractivity contribution in [3.63, 3.8) is 0 Å². The predicted molar refractivity (Wildman–Crippen MR) is 79.6 cm³/mol. The van der Waals surface area contributed by atoms with E-state index in [2.05, 4.69) is 16.9 Å². The Labute approximate surface area is 123 Å². The Kier molecular flexibility index (Phi) is 4.83. The van der Waals surface area contributed by atoms with Gasteiger partial charge in [-0.15, -0.1) is 11.6 Å². The largest absolute Gasteiger partial charge is 0.481 e. The average molecular weight is 298 g/mol. The average Bonchev–Trinajstić information content (AvgIpc) is 2.83. The van der Waals surface area contributed by atoms with Crippen molar-refractivity contribution < 1.29 is 9.47 Å². The molecule has 0 spiro atoms. The number of hydrogen-bond acceptors (Lipinski definition) is 4. The predicted octanol–water partition coefficient (Wildman–Crippen LogP) is 3.34. The first-order valence-corrected chi connectivity index (χ1v) is 7.16. The highest BCUT2D eigenvalue weighted by Crippen LogP contribution is 2.28. The third-order valence-corrected chi connectivity index (χ3v) is 3.30. The van der Waals surface area contributed by atoms with Crippen LogP contribution in [0, 0.1) is 0 Å². The molecule has 0 N–H and O–H groups in total. The van der Waals surface area contributed by atoms with Crippen LogP contribution < -0.4 is 4.74 Å². The number of imidazole rings is 1. The van der Waals surface area contributed by atoms with Gasteiger partial charge in [-0.05, 0) is 26.8 Å². The van der Waals surface area contributed by atoms with Gasteiger partial charge in [0.15, 0.2) is 5.65 Å². The van der Waals surface area contributed by atoms with Gasteiger partial charge in [0.05, 0.1) is 25.1 Å². The Morgan fingerprint density at radius 2 is 2.05 bits per heavy atom. The van der Waals surface area contributed by atoms with Gasteiger partial charge < -0.3 is 14.0 Å². The van der Waals surface area contributed by atoms with Gasteiger partial charge in [0.25, 0.3) is 0 Å². The number of pyridine rings is 1. The number of aromatic nitrogens is 3. The molecule has 2 aromatic heterocycles. The van der Waals surface area contributed by atoms with Gasteiger partial charge in [0, 0.05) is 12.7 Å². The van der Waals surface area contributed by atoms with Crippen molar-refractivity contribution in [2.45, 2.75) is 32.2 Å². The van der Waals surface area contributed by atoms with Crippen LogP contribution in [0.25, 0.3) is 11.2 Å². The quantitative estimate of drug-likeness (QED) is 0.767. The summed E-state index contributed by atoms with van der Waals surface area (Å²) in [6, 6.07) is 3.80. The molecule has 0 aliphatic heterocycles. The van der Waals surface area contributed by atoms with E-state index >= 15 is 0 Å². The Hall–Kier alpha value is -1.33. The minimum absolute atomic E-state index is 0.107. The van der Waals surface area contributed by atoms with E-state index in [1.54, 1.807) is 13.2 Å². The molecule has 2 aromatic rings. The van der Waals surface area contributed by atoms with Crippen LogP contribution in [0.1, 0.15) is 38.0 Å². The second kappa shape index (κ2) is 6.41. The third-order valence-electron chi connectivity index (χ3n) is 3.11. The summed E-state index contributed by atoms with van der Waals surface area (Å²) >= 11 is 6.25. The van der Waals surface area contributed by atoms with Crippen LogP contribution in [0.4, 0.5) is 0 Å². The molecule has 0 radical (unpaired) electrons. The van der Waals surface area contributed by atoms with Crippen molar-refractivity contribution in [2.75, 3.05) is 20.3 Å². The SMILES string of the molecule is CCOCC(C)n1c(C(C)Cl)nc2ccc(OC)nc21. The summed E-state index contributed by atoms with van der Waals surface area (Å²) in [6.07, 6.45) is 0. The standard InChI is InChI=1S/C14H20ClN3O2/c1-5-20-8-9(2)18-13(10(3)15)16-11-6-7-12(19-4)17-14(11)18/h6-7,9-10H,5,8H2,1-4H3. The van der Waals surface area contributed by atoms with Crippen molar-refractivity contribution in [1.29, 1.82) is 0 Å². The fourth-order valence-electron chi connectivity index (χ4n) is 2.17. The van der Waals surface area contributed by atoms with Crippen molar-refractivity contribution in [3.05, 3.63) is 18.0 Å². The molecule has 2 atom stereocenters. The fourth-order valence-corrected chi connectivity index (χ4v) is 2.32. The topological polar surface area (TPSA) is 49.2 Å². The Morgan fingerprint density at radius 1 is 1.30 bits per heavy atom. The molecule has 0 bridgehead atoms. The number of fused-ring (bicyclic) bond motifs is 1. The number of hydrogen-bond donors (Lipinski definition) is 0. The van der Waals surface area contributed by atoms with Gasteiger partial charge in [-0.2, -0.15) is 4.98 Å². The number of nitrogens with zero attached hydrogens (tertiary/aromatic N) is 3. The molecular weight excluding hydrogens is 278 g/mol. The lowest BCUT2D eigenvalue weighted by Crippen LogP contribution is -2.16. The molecule has 0 aliphatic rings. The van der Waals surface area contributed by atoms with Gasteiger partial charge in [-0.1, -0.05) is 0 Å². The Bertz CT molecular complexity index is 583. The van der Waals surface area contributed by atoms with E-state index in [4.69, 9.17) is 21.1 Å². The molecule has 0 saturated carbocycles. The molecule has 5 nitrogen and oxygen atoms in total. The molecule has 0 fully saturated rings. The molecule has 2 unspecified atom stereocenters. The second-order valence-electron chi connectivity index (χ2n) is 4.66. The monoisotopic (exact) mass is 297 g/mol. The maximum absolute atomic E-state index is 6.25. The minimum Gasteiger partial charge on any atom is -0.481 e. The van der Waals surface area contributed by atoms with Crippen molar-refractivity contribution >= 4 is 22.8 Å².